The van der Waals surface area contributed by atoms with Crippen molar-refractivity contribution in [3.63, 3.8) is 0 Å². The first-order valence-electron chi connectivity index (χ1n) is 6.47. The van der Waals surface area contributed by atoms with Gasteiger partial charge in [-0.25, -0.2) is 0 Å². The Bertz CT molecular complexity index is 694. The normalized spacial score (nSPS) is 11.2. The van der Waals surface area contributed by atoms with E-state index in [4.69, 9.17) is 5.73 Å². The minimum absolute atomic E-state index is 0.459. The first-order valence-corrected chi connectivity index (χ1v) is 6.47. The number of anilines is 1. The van der Waals surface area contributed by atoms with Crippen molar-refractivity contribution in [2.45, 2.75) is 19.8 Å². The van der Waals surface area contributed by atoms with Crippen molar-refractivity contribution in [1.82, 2.24) is 25.6 Å². The molecule has 20 heavy (non-hydrogen) atoms. The first kappa shape index (κ1) is 12.4. The summed E-state index contributed by atoms with van der Waals surface area (Å²) in [5, 5.41) is 17.5. The van der Waals surface area contributed by atoms with Crippen molar-refractivity contribution >= 4 is 5.82 Å². The predicted octanol–water partition coefficient (Wildman–Crippen LogP) is 2.57. The van der Waals surface area contributed by atoms with Gasteiger partial charge in [-0.1, -0.05) is 38.1 Å². The van der Waals surface area contributed by atoms with Crippen LogP contribution >= 0.6 is 0 Å². The molecular weight excluding hydrogens is 252 g/mol. The standard InChI is InChI=1S/C14H16N6/c1-8(2)9-3-5-10(6-4-9)12-13(18-19-14(12)15)11-7-16-20-17-11/h3-8H,1-2H3,(H3,15,18,19)(H,16,17,20). The molecule has 4 N–H and O–H groups in total. The summed E-state index contributed by atoms with van der Waals surface area (Å²) in [4.78, 5) is 0. The Balaban J connectivity index is 2.08. The van der Waals surface area contributed by atoms with Crippen LogP contribution in [0.3, 0.4) is 0 Å². The average molecular weight is 268 g/mol. The number of hydrogen-bond acceptors (Lipinski definition) is 4. The molecule has 6 nitrogen and oxygen atoms in total. The second kappa shape index (κ2) is 4.80. The minimum Gasteiger partial charge on any atom is -0.382 e. The lowest BCUT2D eigenvalue weighted by atomic mass is 9.98. The summed E-state index contributed by atoms with van der Waals surface area (Å²) in [6, 6.07) is 8.33. The summed E-state index contributed by atoms with van der Waals surface area (Å²) in [6.07, 6.45) is 1.64. The third kappa shape index (κ3) is 2.05. The summed E-state index contributed by atoms with van der Waals surface area (Å²) in [7, 11) is 0. The van der Waals surface area contributed by atoms with Crippen LogP contribution < -0.4 is 5.73 Å². The van der Waals surface area contributed by atoms with Crippen LogP contribution in [0.15, 0.2) is 30.5 Å². The van der Waals surface area contributed by atoms with E-state index in [1.807, 2.05) is 0 Å². The zero-order chi connectivity index (χ0) is 14.1. The lowest BCUT2D eigenvalue weighted by Gasteiger charge is -2.07. The number of H-pyrrole nitrogens is 2. The van der Waals surface area contributed by atoms with Crippen LogP contribution in [0.5, 0.6) is 0 Å². The summed E-state index contributed by atoms with van der Waals surface area (Å²) in [6.45, 7) is 4.34. The number of aromatic amines is 2. The number of aromatic nitrogens is 5. The molecule has 6 heteroatoms. The third-order valence-corrected chi connectivity index (χ3v) is 3.33. The molecule has 0 aliphatic carbocycles. The van der Waals surface area contributed by atoms with Crippen molar-refractivity contribution in [3.05, 3.63) is 36.0 Å². The molecule has 3 rings (SSSR count). The van der Waals surface area contributed by atoms with E-state index in [1.165, 1.54) is 5.56 Å². The van der Waals surface area contributed by atoms with E-state index in [2.05, 4.69) is 63.7 Å². The van der Waals surface area contributed by atoms with E-state index in [0.717, 1.165) is 16.8 Å². The highest BCUT2D eigenvalue weighted by molar-refractivity contribution is 5.86. The molecule has 0 spiro atoms. The molecule has 0 saturated heterocycles. The molecule has 3 aromatic rings. The Kier molecular flexibility index (Phi) is 2.98. The fraction of sp³-hybridized carbons (Fsp3) is 0.214. The van der Waals surface area contributed by atoms with Gasteiger partial charge in [-0.2, -0.15) is 20.5 Å². The van der Waals surface area contributed by atoms with Crippen LogP contribution in [-0.2, 0) is 0 Å². The number of benzene rings is 1. The summed E-state index contributed by atoms with van der Waals surface area (Å²) in [5.41, 5.74) is 10.6. The molecule has 0 amide bonds. The maximum absolute atomic E-state index is 5.98. The molecule has 0 aliphatic rings. The van der Waals surface area contributed by atoms with Crippen molar-refractivity contribution in [1.29, 1.82) is 0 Å². The zero-order valence-electron chi connectivity index (χ0n) is 11.4. The Morgan fingerprint density at radius 2 is 1.85 bits per heavy atom. The van der Waals surface area contributed by atoms with Crippen molar-refractivity contribution in [3.8, 4) is 22.5 Å². The van der Waals surface area contributed by atoms with Gasteiger partial charge < -0.3 is 5.73 Å². The lowest BCUT2D eigenvalue weighted by Crippen LogP contribution is -1.91. The summed E-state index contributed by atoms with van der Waals surface area (Å²) in [5.74, 6) is 0.959. The molecule has 0 fully saturated rings. The van der Waals surface area contributed by atoms with Gasteiger partial charge in [0, 0.05) is 0 Å². The van der Waals surface area contributed by atoms with Gasteiger partial charge in [0.15, 0.2) is 5.82 Å². The van der Waals surface area contributed by atoms with Crippen LogP contribution in [0.2, 0.25) is 0 Å². The maximum Gasteiger partial charge on any atom is 0.153 e. The van der Waals surface area contributed by atoms with Crippen LogP contribution in [0.4, 0.5) is 5.82 Å². The maximum atomic E-state index is 5.98. The molecule has 1 aromatic carbocycles. The summed E-state index contributed by atoms with van der Waals surface area (Å²) < 4.78 is 0. The van der Waals surface area contributed by atoms with Crippen LogP contribution in [-0.4, -0.2) is 25.6 Å². The molecule has 102 valence electrons. The Morgan fingerprint density at radius 3 is 2.45 bits per heavy atom. The number of nitrogens with one attached hydrogen (secondary N) is 2. The highest BCUT2D eigenvalue weighted by Crippen LogP contribution is 2.33. The van der Waals surface area contributed by atoms with E-state index in [1.54, 1.807) is 6.20 Å². The van der Waals surface area contributed by atoms with Gasteiger partial charge in [0.25, 0.3) is 0 Å². The van der Waals surface area contributed by atoms with Gasteiger partial charge in [-0.05, 0) is 17.0 Å². The fourth-order valence-corrected chi connectivity index (χ4v) is 2.19. The van der Waals surface area contributed by atoms with Crippen LogP contribution in [0, 0.1) is 0 Å². The van der Waals surface area contributed by atoms with E-state index in [9.17, 15) is 0 Å². The molecule has 0 atom stereocenters. The molecule has 2 aromatic heterocycles. The quantitative estimate of drug-likeness (QED) is 0.680. The number of nitrogens with two attached hydrogens (primary N) is 1. The molecule has 2 heterocycles. The minimum atomic E-state index is 0.459. The SMILES string of the molecule is CC(C)c1ccc(-c2c(N)n[nH]c2-c2cn[nH]n2)cc1. The third-order valence-electron chi connectivity index (χ3n) is 3.33. The largest absolute Gasteiger partial charge is 0.382 e. The topological polar surface area (TPSA) is 96.3 Å². The molecule has 0 radical (unpaired) electrons. The molecule has 0 saturated carbocycles. The van der Waals surface area contributed by atoms with Gasteiger partial charge >= 0.3 is 0 Å². The molecule has 0 aliphatic heterocycles. The number of hydrogen-bond donors (Lipinski definition) is 3. The monoisotopic (exact) mass is 268 g/mol. The Morgan fingerprint density at radius 1 is 1.10 bits per heavy atom. The Hall–Kier alpha value is -2.63. The average Bonchev–Trinajstić information content (AvgIpc) is 3.07. The lowest BCUT2D eigenvalue weighted by molar-refractivity contribution is 0.867. The first-order chi connectivity index (χ1) is 9.66. The highest BCUT2D eigenvalue weighted by atomic mass is 15.3. The number of rotatable bonds is 3. The van der Waals surface area contributed by atoms with Crippen molar-refractivity contribution in [2.24, 2.45) is 0 Å². The second-order valence-electron chi connectivity index (χ2n) is 4.99. The predicted molar refractivity (Wildman–Crippen MR) is 77.9 cm³/mol. The van der Waals surface area contributed by atoms with E-state index in [-0.39, 0.29) is 0 Å². The second-order valence-corrected chi connectivity index (χ2v) is 4.99. The highest BCUT2D eigenvalue weighted by Gasteiger charge is 2.16. The number of nitrogens with zero attached hydrogens (tertiary/aromatic N) is 3. The van der Waals surface area contributed by atoms with Gasteiger partial charge in [-0.15, -0.1) is 0 Å². The molecule has 0 bridgehead atoms. The molecular formula is C14H16N6. The van der Waals surface area contributed by atoms with Gasteiger partial charge in [0.1, 0.15) is 5.69 Å². The van der Waals surface area contributed by atoms with Gasteiger partial charge in [0.2, 0.25) is 0 Å². The van der Waals surface area contributed by atoms with Crippen LogP contribution in [0.25, 0.3) is 22.5 Å². The van der Waals surface area contributed by atoms with Crippen LogP contribution in [0.1, 0.15) is 25.3 Å². The number of nitrogen functional groups attached to an aromatic ring is 1. The van der Waals surface area contributed by atoms with E-state index >= 15 is 0 Å². The zero-order valence-corrected chi connectivity index (χ0v) is 11.4. The van der Waals surface area contributed by atoms with Gasteiger partial charge in [0.05, 0.1) is 17.5 Å². The van der Waals surface area contributed by atoms with E-state index < -0.39 is 0 Å². The van der Waals surface area contributed by atoms with Crippen molar-refractivity contribution < 1.29 is 0 Å². The smallest absolute Gasteiger partial charge is 0.153 e. The summed E-state index contributed by atoms with van der Waals surface area (Å²) >= 11 is 0. The van der Waals surface area contributed by atoms with Crippen molar-refractivity contribution in [2.75, 3.05) is 5.73 Å². The van der Waals surface area contributed by atoms with E-state index in [0.29, 0.717) is 17.4 Å². The van der Waals surface area contributed by atoms with Gasteiger partial charge in [-0.3, -0.25) is 5.10 Å². The fourth-order valence-electron chi connectivity index (χ4n) is 2.19. The Labute approximate surface area is 116 Å². The molecule has 0 unspecified atom stereocenters.